The van der Waals surface area contributed by atoms with E-state index in [4.69, 9.17) is 0 Å². The van der Waals surface area contributed by atoms with Crippen molar-refractivity contribution in [3.63, 3.8) is 0 Å². The van der Waals surface area contributed by atoms with Gasteiger partial charge in [0.05, 0.1) is 0 Å². The Kier molecular flexibility index (Phi) is 1.69. The predicted octanol–water partition coefficient (Wildman–Crippen LogP) is 1.34. The van der Waals surface area contributed by atoms with Crippen molar-refractivity contribution in [3.8, 4) is 0 Å². The highest BCUT2D eigenvalue weighted by molar-refractivity contribution is 4.91. The van der Waals surface area contributed by atoms with Gasteiger partial charge in [0.15, 0.2) is 0 Å². The molecule has 0 aliphatic carbocycles. The molecule has 0 aromatic rings. The molecular formula is C9H17NO. The van der Waals surface area contributed by atoms with Gasteiger partial charge in [-0.25, -0.2) is 0 Å². The first-order chi connectivity index (χ1) is 5.22. The number of rotatable bonds is 0. The summed E-state index contributed by atoms with van der Waals surface area (Å²) < 4.78 is 0. The highest BCUT2D eigenvalue weighted by Crippen LogP contribution is 2.38. The Hall–Kier alpha value is -0.0800. The number of aliphatic hydroxyl groups is 1. The Bertz CT molecular complexity index is 148. The molecule has 0 unspecified atom stereocenters. The highest BCUT2D eigenvalue weighted by atomic mass is 16.3. The summed E-state index contributed by atoms with van der Waals surface area (Å²) in [7, 11) is 2.07. The summed E-state index contributed by atoms with van der Waals surface area (Å²) in [5.41, 5.74) is -0.429. The van der Waals surface area contributed by atoms with E-state index in [0.717, 1.165) is 12.8 Å². The molecule has 0 spiro atoms. The lowest BCUT2D eigenvalue weighted by molar-refractivity contribution is -0.167. The van der Waals surface area contributed by atoms with Crippen LogP contribution in [0.2, 0.25) is 0 Å². The number of piperidine rings is 2. The van der Waals surface area contributed by atoms with Gasteiger partial charge in [0, 0.05) is 6.04 Å². The van der Waals surface area contributed by atoms with Gasteiger partial charge in [0.1, 0.15) is 5.72 Å². The zero-order valence-corrected chi connectivity index (χ0v) is 7.21. The van der Waals surface area contributed by atoms with E-state index in [2.05, 4.69) is 11.9 Å². The second-order valence-electron chi connectivity index (χ2n) is 4.03. The first kappa shape index (κ1) is 7.56. The van der Waals surface area contributed by atoms with Crippen LogP contribution in [0, 0.1) is 0 Å². The molecule has 0 saturated carbocycles. The van der Waals surface area contributed by atoms with Crippen molar-refractivity contribution in [1.29, 1.82) is 0 Å². The fourth-order valence-corrected chi connectivity index (χ4v) is 2.59. The van der Waals surface area contributed by atoms with Crippen LogP contribution in [-0.2, 0) is 0 Å². The first-order valence-corrected chi connectivity index (χ1v) is 4.68. The molecule has 2 nitrogen and oxygen atoms in total. The topological polar surface area (TPSA) is 23.5 Å². The van der Waals surface area contributed by atoms with Crippen molar-refractivity contribution >= 4 is 0 Å². The van der Waals surface area contributed by atoms with Crippen molar-refractivity contribution in [1.82, 2.24) is 4.90 Å². The lowest BCUT2D eigenvalue weighted by atomic mass is 9.82. The maximum Gasteiger partial charge on any atom is 0.118 e. The van der Waals surface area contributed by atoms with E-state index in [1.54, 1.807) is 0 Å². The van der Waals surface area contributed by atoms with E-state index in [0.29, 0.717) is 6.04 Å². The second kappa shape index (κ2) is 2.46. The van der Waals surface area contributed by atoms with Crippen LogP contribution in [0.5, 0.6) is 0 Å². The molecule has 0 amide bonds. The van der Waals surface area contributed by atoms with Gasteiger partial charge < -0.3 is 5.11 Å². The number of hydrogen-bond donors (Lipinski definition) is 1. The number of nitrogens with zero attached hydrogens (tertiary/aromatic N) is 1. The Labute approximate surface area is 68.2 Å². The molecule has 64 valence electrons. The molecule has 0 aromatic heterocycles. The first-order valence-electron chi connectivity index (χ1n) is 4.68. The molecule has 2 rings (SSSR count). The van der Waals surface area contributed by atoms with Gasteiger partial charge in [-0.1, -0.05) is 0 Å². The SMILES string of the molecule is CN1C2CCCC1(O)CCC2. The summed E-state index contributed by atoms with van der Waals surface area (Å²) in [5.74, 6) is 0. The predicted molar refractivity (Wildman–Crippen MR) is 44.2 cm³/mol. The van der Waals surface area contributed by atoms with Gasteiger partial charge in [-0.15, -0.1) is 0 Å². The van der Waals surface area contributed by atoms with Crippen LogP contribution < -0.4 is 0 Å². The van der Waals surface area contributed by atoms with Crippen LogP contribution >= 0.6 is 0 Å². The van der Waals surface area contributed by atoms with E-state index in [1.165, 1.54) is 25.7 Å². The van der Waals surface area contributed by atoms with Gasteiger partial charge >= 0.3 is 0 Å². The largest absolute Gasteiger partial charge is 0.376 e. The van der Waals surface area contributed by atoms with Crippen LogP contribution in [0.1, 0.15) is 38.5 Å². The molecule has 2 bridgehead atoms. The van der Waals surface area contributed by atoms with Crippen molar-refractivity contribution in [2.45, 2.75) is 50.3 Å². The molecule has 2 heterocycles. The van der Waals surface area contributed by atoms with E-state index in [9.17, 15) is 5.11 Å². The quantitative estimate of drug-likeness (QED) is 0.570. The van der Waals surface area contributed by atoms with Crippen LogP contribution in [0.4, 0.5) is 0 Å². The molecule has 1 N–H and O–H groups in total. The van der Waals surface area contributed by atoms with Gasteiger partial charge in [0.2, 0.25) is 0 Å². The molecule has 0 atom stereocenters. The van der Waals surface area contributed by atoms with E-state index >= 15 is 0 Å². The summed E-state index contributed by atoms with van der Waals surface area (Å²) in [6.45, 7) is 0. The summed E-state index contributed by atoms with van der Waals surface area (Å²) >= 11 is 0. The monoisotopic (exact) mass is 155 g/mol. The summed E-state index contributed by atoms with van der Waals surface area (Å²) in [6.07, 6.45) is 6.98. The zero-order chi connectivity index (χ0) is 7.90. The fourth-order valence-electron chi connectivity index (χ4n) is 2.59. The normalized spacial score (nSPS) is 45.8. The van der Waals surface area contributed by atoms with Gasteiger partial charge in [-0.05, 0) is 45.6 Å². The smallest absolute Gasteiger partial charge is 0.118 e. The van der Waals surface area contributed by atoms with Crippen molar-refractivity contribution in [3.05, 3.63) is 0 Å². The highest BCUT2D eigenvalue weighted by Gasteiger charge is 2.41. The van der Waals surface area contributed by atoms with Gasteiger partial charge in [-0.2, -0.15) is 0 Å². The third-order valence-corrected chi connectivity index (χ3v) is 3.43. The molecule has 0 aromatic carbocycles. The Balaban J connectivity index is 2.17. The minimum absolute atomic E-state index is 0.429. The average Bonchev–Trinajstić information content (AvgIpc) is 1.93. The minimum atomic E-state index is -0.429. The third kappa shape index (κ3) is 1.09. The maximum atomic E-state index is 10.1. The molecule has 2 fully saturated rings. The lowest BCUT2D eigenvalue weighted by Crippen LogP contribution is -2.57. The molecular weight excluding hydrogens is 138 g/mol. The molecule has 2 aliphatic rings. The number of hydrogen-bond acceptors (Lipinski definition) is 2. The molecule has 0 radical (unpaired) electrons. The average molecular weight is 155 g/mol. The van der Waals surface area contributed by atoms with Crippen LogP contribution in [0.15, 0.2) is 0 Å². The van der Waals surface area contributed by atoms with E-state index < -0.39 is 5.72 Å². The summed E-state index contributed by atoms with van der Waals surface area (Å²) in [5, 5.41) is 10.1. The fraction of sp³-hybridized carbons (Fsp3) is 1.00. The van der Waals surface area contributed by atoms with Crippen LogP contribution in [-0.4, -0.2) is 28.8 Å². The Morgan fingerprint density at radius 3 is 2.18 bits per heavy atom. The van der Waals surface area contributed by atoms with Crippen molar-refractivity contribution in [2.75, 3.05) is 7.05 Å². The summed E-state index contributed by atoms with van der Waals surface area (Å²) in [6, 6.07) is 0.669. The third-order valence-electron chi connectivity index (χ3n) is 3.43. The summed E-state index contributed by atoms with van der Waals surface area (Å²) in [4.78, 5) is 2.19. The lowest BCUT2D eigenvalue weighted by Gasteiger charge is -2.50. The maximum absolute atomic E-state index is 10.1. The molecule has 11 heavy (non-hydrogen) atoms. The molecule has 2 aliphatic heterocycles. The van der Waals surface area contributed by atoms with Crippen LogP contribution in [0.3, 0.4) is 0 Å². The molecule has 2 heteroatoms. The Morgan fingerprint density at radius 1 is 1.27 bits per heavy atom. The van der Waals surface area contributed by atoms with Crippen molar-refractivity contribution in [2.24, 2.45) is 0 Å². The van der Waals surface area contributed by atoms with Gasteiger partial charge in [-0.3, -0.25) is 4.90 Å². The van der Waals surface area contributed by atoms with Gasteiger partial charge in [0.25, 0.3) is 0 Å². The number of fused-ring (bicyclic) bond motifs is 2. The minimum Gasteiger partial charge on any atom is -0.376 e. The second-order valence-corrected chi connectivity index (χ2v) is 4.03. The Morgan fingerprint density at radius 2 is 1.82 bits per heavy atom. The van der Waals surface area contributed by atoms with E-state index in [1.807, 2.05) is 0 Å². The standard InChI is InChI=1S/C9H17NO/c1-10-8-4-2-6-9(10,11)7-3-5-8/h8,11H,2-7H2,1H3. The van der Waals surface area contributed by atoms with Crippen LogP contribution in [0.25, 0.3) is 0 Å². The van der Waals surface area contributed by atoms with Crippen molar-refractivity contribution < 1.29 is 5.11 Å². The van der Waals surface area contributed by atoms with E-state index in [-0.39, 0.29) is 0 Å². The zero-order valence-electron chi connectivity index (χ0n) is 7.21. The molecule has 2 saturated heterocycles.